The molecule has 0 saturated carbocycles. The van der Waals surface area contributed by atoms with E-state index >= 15 is 0 Å². The average molecular weight is 267 g/mol. The smallest absolute Gasteiger partial charge is 0.180 e. The van der Waals surface area contributed by atoms with E-state index in [0.29, 0.717) is 0 Å². The SMILES string of the molecule is CNc1cn2ccnc2c(NC(C)c2ccccc2)n1. The Morgan fingerprint density at radius 2 is 2.00 bits per heavy atom. The molecule has 20 heavy (non-hydrogen) atoms. The van der Waals surface area contributed by atoms with Crippen LogP contribution in [0.15, 0.2) is 48.9 Å². The van der Waals surface area contributed by atoms with E-state index in [0.717, 1.165) is 17.3 Å². The molecule has 0 saturated heterocycles. The number of hydrogen-bond acceptors (Lipinski definition) is 4. The molecule has 1 aromatic carbocycles. The van der Waals surface area contributed by atoms with Crippen LogP contribution in [0.5, 0.6) is 0 Å². The highest BCUT2D eigenvalue weighted by Crippen LogP contribution is 2.22. The Balaban J connectivity index is 1.95. The van der Waals surface area contributed by atoms with E-state index in [-0.39, 0.29) is 6.04 Å². The first-order valence-corrected chi connectivity index (χ1v) is 6.61. The number of benzene rings is 1. The zero-order valence-corrected chi connectivity index (χ0v) is 11.5. The molecule has 0 bridgehead atoms. The lowest BCUT2D eigenvalue weighted by molar-refractivity contribution is 0.873. The van der Waals surface area contributed by atoms with Crippen LogP contribution in [0.3, 0.4) is 0 Å². The van der Waals surface area contributed by atoms with Crippen LogP contribution in [-0.2, 0) is 0 Å². The molecule has 0 fully saturated rings. The van der Waals surface area contributed by atoms with Crippen molar-refractivity contribution in [2.24, 2.45) is 0 Å². The minimum Gasteiger partial charge on any atom is -0.372 e. The molecule has 0 aliphatic rings. The number of nitrogens with zero attached hydrogens (tertiary/aromatic N) is 3. The Labute approximate surface area is 117 Å². The number of anilines is 2. The second-order valence-electron chi connectivity index (χ2n) is 4.66. The summed E-state index contributed by atoms with van der Waals surface area (Å²) in [5.41, 5.74) is 2.04. The summed E-state index contributed by atoms with van der Waals surface area (Å²) in [7, 11) is 1.86. The van der Waals surface area contributed by atoms with Gasteiger partial charge in [-0.25, -0.2) is 9.97 Å². The lowest BCUT2D eigenvalue weighted by Crippen LogP contribution is -2.10. The van der Waals surface area contributed by atoms with Crippen molar-refractivity contribution in [2.75, 3.05) is 17.7 Å². The van der Waals surface area contributed by atoms with E-state index < -0.39 is 0 Å². The second-order valence-corrected chi connectivity index (χ2v) is 4.66. The first kappa shape index (κ1) is 12.5. The zero-order valence-electron chi connectivity index (χ0n) is 11.5. The fourth-order valence-electron chi connectivity index (χ4n) is 2.18. The molecule has 0 aliphatic heterocycles. The summed E-state index contributed by atoms with van der Waals surface area (Å²) in [6, 6.07) is 10.5. The van der Waals surface area contributed by atoms with Crippen molar-refractivity contribution in [2.45, 2.75) is 13.0 Å². The van der Waals surface area contributed by atoms with Crippen LogP contribution in [0.25, 0.3) is 5.65 Å². The van der Waals surface area contributed by atoms with Gasteiger partial charge in [0.15, 0.2) is 11.5 Å². The van der Waals surface area contributed by atoms with Crippen molar-refractivity contribution in [1.82, 2.24) is 14.4 Å². The number of fused-ring (bicyclic) bond motifs is 1. The van der Waals surface area contributed by atoms with E-state index in [9.17, 15) is 0 Å². The topological polar surface area (TPSA) is 54.2 Å². The molecule has 3 rings (SSSR count). The predicted molar refractivity (Wildman–Crippen MR) is 81.0 cm³/mol. The van der Waals surface area contributed by atoms with E-state index in [1.165, 1.54) is 5.56 Å². The van der Waals surface area contributed by atoms with Crippen molar-refractivity contribution in [1.29, 1.82) is 0 Å². The second kappa shape index (κ2) is 5.21. The predicted octanol–water partition coefficient (Wildman–Crippen LogP) is 2.94. The largest absolute Gasteiger partial charge is 0.372 e. The highest BCUT2D eigenvalue weighted by Gasteiger charge is 2.11. The normalized spacial score (nSPS) is 12.3. The molecule has 5 heteroatoms. The third-order valence-corrected chi connectivity index (χ3v) is 3.28. The molecule has 1 unspecified atom stereocenters. The lowest BCUT2D eigenvalue weighted by atomic mass is 10.1. The molecular formula is C15H17N5. The van der Waals surface area contributed by atoms with Crippen molar-refractivity contribution < 1.29 is 0 Å². The number of imidazole rings is 1. The number of nitrogens with one attached hydrogen (secondary N) is 2. The number of hydrogen-bond donors (Lipinski definition) is 2. The van der Waals surface area contributed by atoms with Gasteiger partial charge in [0.1, 0.15) is 5.82 Å². The Bertz CT molecular complexity index is 705. The molecule has 2 aromatic heterocycles. The van der Waals surface area contributed by atoms with Gasteiger partial charge in [-0.15, -0.1) is 0 Å². The number of rotatable bonds is 4. The standard InChI is InChI=1S/C15H17N5/c1-11(12-6-4-3-5-7-12)18-14-15-17-8-9-20(15)10-13(16-2)19-14/h3-11,16H,1-2H3,(H,18,19). The molecule has 102 valence electrons. The van der Waals surface area contributed by atoms with E-state index in [2.05, 4.69) is 39.7 Å². The maximum absolute atomic E-state index is 4.55. The first-order chi connectivity index (χ1) is 9.78. The first-order valence-electron chi connectivity index (χ1n) is 6.61. The summed E-state index contributed by atoms with van der Waals surface area (Å²) in [6.45, 7) is 2.11. The highest BCUT2D eigenvalue weighted by molar-refractivity contribution is 5.65. The van der Waals surface area contributed by atoms with E-state index in [1.54, 1.807) is 6.20 Å². The van der Waals surface area contributed by atoms with Crippen LogP contribution in [0.1, 0.15) is 18.5 Å². The van der Waals surface area contributed by atoms with Gasteiger partial charge in [-0.05, 0) is 12.5 Å². The van der Waals surface area contributed by atoms with Crippen LogP contribution in [-0.4, -0.2) is 21.4 Å². The number of aromatic nitrogens is 3. The van der Waals surface area contributed by atoms with Crippen molar-refractivity contribution >= 4 is 17.3 Å². The Morgan fingerprint density at radius 3 is 2.75 bits per heavy atom. The summed E-state index contributed by atoms with van der Waals surface area (Å²) >= 11 is 0. The molecule has 2 heterocycles. The molecule has 1 atom stereocenters. The van der Waals surface area contributed by atoms with Crippen LogP contribution < -0.4 is 10.6 Å². The quantitative estimate of drug-likeness (QED) is 0.763. The molecule has 0 aliphatic carbocycles. The minimum absolute atomic E-state index is 0.163. The summed E-state index contributed by atoms with van der Waals surface area (Å²) < 4.78 is 1.96. The Hall–Kier alpha value is -2.56. The van der Waals surface area contributed by atoms with Crippen LogP contribution >= 0.6 is 0 Å². The summed E-state index contributed by atoms with van der Waals surface area (Å²) in [6.07, 6.45) is 5.60. The maximum Gasteiger partial charge on any atom is 0.180 e. The Morgan fingerprint density at radius 1 is 1.20 bits per heavy atom. The molecule has 2 N–H and O–H groups in total. The minimum atomic E-state index is 0.163. The van der Waals surface area contributed by atoms with Gasteiger partial charge in [-0.1, -0.05) is 30.3 Å². The highest BCUT2D eigenvalue weighted by atomic mass is 15.1. The van der Waals surface area contributed by atoms with Gasteiger partial charge in [0.25, 0.3) is 0 Å². The monoisotopic (exact) mass is 267 g/mol. The average Bonchev–Trinajstić information content (AvgIpc) is 2.96. The van der Waals surface area contributed by atoms with E-state index in [4.69, 9.17) is 0 Å². The summed E-state index contributed by atoms with van der Waals surface area (Å²) in [5.74, 6) is 1.58. The molecule has 0 radical (unpaired) electrons. The maximum atomic E-state index is 4.55. The van der Waals surface area contributed by atoms with Crippen molar-refractivity contribution in [3.8, 4) is 0 Å². The van der Waals surface area contributed by atoms with Gasteiger partial charge >= 0.3 is 0 Å². The van der Waals surface area contributed by atoms with Crippen LogP contribution in [0, 0.1) is 0 Å². The lowest BCUT2D eigenvalue weighted by Gasteiger charge is -2.16. The van der Waals surface area contributed by atoms with Gasteiger partial charge in [-0.2, -0.15) is 0 Å². The molecule has 0 spiro atoms. The van der Waals surface area contributed by atoms with Crippen molar-refractivity contribution in [3.05, 3.63) is 54.5 Å². The molecule has 0 amide bonds. The van der Waals surface area contributed by atoms with Gasteiger partial charge in [-0.3, -0.25) is 0 Å². The van der Waals surface area contributed by atoms with Gasteiger partial charge in [0, 0.05) is 19.4 Å². The summed E-state index contributed by atoms with van der Waals surface area (Å²) in [5, 5.41) is 6.49. The third-order valence-electron chi connectivity index (χ3n) is 3.28. The third kappa shape index (κ3) is 2.30. The fraction of sp³-hybridized carbons (Fsp3) is 0.200. The fourth-order valence-corrected chi connectivity index (χ4v) is 2.18. The molecular weight excluding hydrogens is 250 g/mol. The van der Waals surface area contributed by atoms with Gasteiger partial charge in [0.2, 0.25) is 0 Å². The van der Waals surface area contributed by atoms with E-state index in [1.807, 2.05) is 42.0 Å². The van der Waals surface area contributed by atoms with Crippen LogP contribution in [0.4, 0.5) is 11.6 Å². The zero-order chi connectivity index (χ0) is 13.9. The van der Waals surface area contributed by atoms with Gasteiger partial charge < -0.3 is 15.0 Å². The van der Waals surface area contributed by atoms with Gasteiger partial charge in [0.05, 0.1) is 12.2 Å². The molecule has 3 aromatic rings. The van der Waals surface area contributed by atoms with Crippen molar-refractivity contribution in [3.63, 3.8) is 0 Å². The van der Waals surface area contributed by atoms with Crippen LogP contribution in [0.2, 0.25) is 0 Å². The molecule has 5 nitrogen and oxygen atoms in total. The Kier molecular flexibility index (Phi) is 3.25. The summed E-state index contributed by atoms with van der Waals surface area (Å²) in [4.78, 5) is 8.90.